The van der Waals surface area contributed by atoms with Crippen LogP contribution in [0.15, 0.2) is 24.4 Å². The lowest BCUT2D eigenvalue weighted by molar-refractivity contribution is -0.117. The highest BCUT2D eigenvalue weighted by Crippen LogP contribution is 2.38. The Morgan fingerprint density at radius 2 is 1.94 bits per heavy atom. The van der Waals surface area contributed by atoms with E-state index in [2.05, 4.69) is 28.2 Å². The molecule has 3 saturated heterocycles. The molecule has 2 N–H and O–H groups in total. The van der Waals surface area contributed by atoms with Gasteiger partial charge < -0.3 is 19.9 Å². The largest absolute Gasteiger partial charge is 0.389 e. The van der Waals surface area contributed by atoms with Crippen molar-refractivity contribution >= 4 is 34.1 Å². The van der Waals surface area contributed by atoms with Crippen molar-refractivity contribution < 1.29 is 19.4 Å². The Kier molecular flexibility index (Phi) is 7.09. The molecule has 1 aromatic heterocycles. The number of aromatic nitrogens is 1. The average Bonchev–Trinajstić information content (AvgIpc) is 3.18. The van der Waals surface area contributed by atoms with Gasteiger partial charge in [-0.15, -0.1) is 0 Å². The second-order valence-corrected chi connectivity index (χ2v) is 10.7. The summed E-state index contributed by atoms with van der Waals surface area (Å²) in [5.41, 5.74) is 0.842. The molecule has 4 heterocycles. The van der Waals surface area contributed by atoms with Crippen molar-refractivity contribution in [3.63, 3.8) is 0 Å². The molecule has 8 heteroatoms. The summed E-state index contributed by atoms with van der Waals surface area (Å²) >= 11 is 6.70. The van der Waals surface area contributed by atoms with Gasteiger partial charge in [0.15, 0.2) is 0 Å². The van der Waals surface area contributed by atoms with E-state index in [9.17, 15) is 9.90 Å². The number of nitrogens with zero attached hydrogens (tertiary/aromatic N) is 2. The van der Waals surface area contributed by atoms with Crippen LogP contribution in [-0.2, 0) is 14.3 Å². The van der Waals surface area contributed by atoms with E-state index in [1.165, 1.54) is 0 Å². The second kappa shape index (κ2) is 10.1. The molecule has 2 unspecified atom stereocenters. The number of aliphatic hydroxyl groups is 1. The lowest BCUT2D eigenvalue weighted by atomic mass is 9.85. The molecule has 3 fully saturated rings. The standard InChI is InChI=1S/C26H34ClN3O4/c1-26(16-34-15-23(26)31)30-6-2-18(3-7-30)21-11-19-13-24(28-14-20(19)12-22(21)27)29-25(32)10-17-4-8-33-9-5-17/h11-14,17-18,23,31H,2-10,15-16H2,1H3,(H,28,29,32). The number of rotatable bonds is 5. The van der Waals surface area contributed by atoms with E-state index in [1.54, 1.807) is 6.20 Å². The first kappa shape index (κ1) is 23.9. The summed E-state index contributed by atoms with van der Waals surface area (Å²) in [5, 5.41) is 16.1. The third-order valence-corrected chi connectivity index (χ3v) is 8.29. The monoisotopic (exact) mass is 487 g/mol. The fourth-order valence-electron chi connectivity index (χ4n) is 5.63. The number of likely N-dealkylation sites (tertiary alicyclic amines) is 1. The minimum atomic E-state index is -0.444. The third-order valence-electron chi connectivity index (χ3n) is 7.96. The van der Waals surface area contributed by atoms with Crippen molar-refractivity contribution in [3.8, 4) is 0 Å². The van der Waals surface area contributed by atoms with Crippen LogP contribution in [0.25, 0.3) is 10.8 Å². The maximum atomic E-state index is 12.5. The van der Waals surface area contributed by atoms with E-state index >= 15 is 0 Å². The molecule has 0 saturated carbocycles. The van der Waals surface area contributed by atoms with Gasteiger partial charge in [-0.05, 0) is 86.7 Å². The Hall–Kier alpha value is -1.77. The predicted octanol–water partition coefficient (Wildman–Crippen LogP) is 3.97. The second-order valence-electron chi connectivity index (χ2n) is 10.2. The number of carbonyl (C=O) groups is 1. The number of halogens is 1. The van der Waals surface area contributed by atoms with Crippen LogP contribution in [0, 0.1) is 5.92 Å². The molecule has 5 rings (SSSR count). The number of pyridine rings is 1. The van der Waals surface area contributed by atoms with Crippen molar-refractivity contribution in [1.29, 1.82) is 0 Å². The van der Waals surface area contributed by atoms with Gasteiger partial charge in [-0.1, -0.05) is 11.6 Å². The van der Waals surface area contributed by atoms with Crippen molar-refractivity contribution in [2.24, 2.45) is 5.92 Å². The Bertz CT molecular complexity index is 1040. The maximum Gasteiger partial charge on any atom is 0.225 e. The fourth-order valence-corrected chi connectivity index (χ4v) is 5.95. The zero-order valence-corrected chi connectivity index (χ0v) is 20.5. The molecule has 0 radical (unpaired) electrons. The van der Waals surface area contributed by atoms with Gasteiger partial charge in [-0.2, -0.15) is 0 Å². The molecule has 1 aromatic carbocycles. The minimum Gasteiger partial charge on any atom is -0.389 e. The van der Waals surface area contributed by atoms with E-state index in [0.717, 1.165) is 73.3 Å². The summed E-state index contributed by atoms with van der Waals surface area (Å²) in [6.45, 7) is 6.36. The van der Waals surface area contributed by atoms with Crippen LogP contribution >= 0.6 is 11.6 Å². The lowest BCUT2D eigenvalue weighted by Crippen LogP contribution is -2.56. The SMILES string of the molecule is CC1(N2CCC(c3cc4cc(NC(=O)CC5CCOCC5)ncc4cc3Cl)CC2)COCC1O. The van der Waals surface area contributed by atoms with Gasteiger partial charge in [0.1, 0.15) is 5.82 Å². The number of anilines is 1. The topological polar surface area (TPSA) is 83.9 Å². The van der Waals surface area contributed by atoms with Crippen LogP contribution < -0.4 is 5.32 Å². The fraction of sp³-hybridized carbons (Fsp3) is 0.615. The number of nitrogens with one attached hydrogen (secondary N) is 1. The summed E-state index contributed by atoms with van der Waals surface area (Å²) in [4.78, 5) is 19.3. The first-order valence-corrected chi connectivity index (χ1v) is 12.8. The number of fused-ring (bicyclic) bond motifs is 1. The van der Waals surface area contributed by atoms with E-state index < -0.39 is 6.10 Å². The normalized spacial score (nSPS) is 27.3. The first-order chi connectivity index (χ1) is 16.4. The van der Waals surface area contributed by atoms with Crippen molar-refractivity contribution in [1.82, 2.24) is 9.88 Å². The van der Waals surface area contributed by atoms with Crippen LogP contribution in [0.1, 0.15) is 50.5 Å². The Morgan fingerprint density at radius 1 is 1.18 bits per heavy atom. The maximum absolute atomic E-state index is 12.5. The smallest absolute Gasteiger partial charge is 0.225 e. The summed E-state index contributed by atoms with van der Waals surface area (Å²) in [7, 11) is 0. The molecular weight excluding hydrogens is 454 g/mol. The Morgan fingerprint density at radius 3 is 2.65 bits per heavy atom. The van der Waals surface area contributed by atoms with Gasteiger partial charge in [0.25, 0.3) is 0 Å². The van der Waals surface area contributed by atoms with Crippen LogP contribution in [0.3, 0.4) is 0 Å². The van der Waals surface area contributed by atoms with Gasteiger partial charge in [0.2, 0.25) is 5.91 Å². The zero-order chi connectivity index (χ0) is 23.7. The molecule has 3 aliphatic heterocycles. The number of amides is 1. The van der Waals surface area contributed by atoms with Crippen molar-refractivity contribution in [2.75, 3.05) is 44.8 Å². The quantitative estimate of drug-likeness (QED) is 0.663. The number of carbonyl (C=O) groups excluding carboxylic acids is 1. The van der Waals surface area contributed by atoms with Gasteiger partial charge >= 0.3 is 0 Å². The molecule has 184 valence electrons. The van der Waals surface area contributed by atoms with Crippen LogP contribution in [0.4, 0.5) is 5.82 Å². The minimum absolute atomic E-state index is 0.00637. The van der Waals surface area contributed by atoms with E-state index in [4.69, 9.17) is 21.1 Å². The van der Waals surface area contributed by atoms with E-state index in [0.29, 0.717) is 37.3 Å². The average molecular weight is 488 g/mol. The summed E-state index contributed by atoms with van der Waals surface area (Å²) in [5.74, 6) is 1.32. The predicted molar refractivity (Wildman–Crippen MR) is 132 cm³/mol. The molecule has 2 aromatic rings. The molecule has 0 bridgehead atoms. The number of ether oxygens (including phenoxy) is 2. The zero-order valence-electron chi connectivity index (χ0n) is 19.8. The Balaban J connectivity index is 1.27. The van der Waals surface area contributed by atoms with Gasteiger partial charge in [-0.3, -0.25) is 9.69 Å². The highest BCUT2D eigenvalue weighted by Gasteiger charge is 2.45. The lowest BCUT2D eigenvalue weighted by Gasteiger charge is -2.43. The molecule has 0 aliphatic carbocycles. The number of hydrogen-bond donors (Lipinski definition) is 2. The molecule has 1 amide bonds. The Labute approximate surface area is 205 Å². The summed E-state index contributed by atoms with van der Waals surface area (Å²) in [6.07, 6.45) is 5.67. The van der Waals surface area contributed by atoms with Crippen LogP contribution in [0.5, 0.6) is 0 Å². The molecular formula is C26H34ClN3O4. The molecule has 2 atom stereocenters. The molecule has 7 nitrogen and oxygen atoms in total. The molecule has 3 aliphatic rings. The first-order valence-electron chi connectivity index (χ1n) is 12.4. The van der Waals surface area contributed by atoms with Crippen LogP contribution in [0.2, 0.25) is 5.02 Å². The summed E-state index contributed by atoms with van der Waals surface area (Å²) < 4.78 is 10.9. The van der Waals surface area contributed by atoms with Gasteiger partial charge in [0, 0.05) is 36.2 Å². The van der Waals surface area contributed by atoms with E-state index in [1.807, 2.05) is 12.1 Å². The number of hydrogen-bond acceptors (Lipinski definition) is 6. The molecule has 0 spiro atoms. The van der Waals surface area contributed by atoms with E-state index in [-0.39, 0.29) is 11.4 Å². The molecule has 34 heavy (non-hydrogen) atoms. The van der Waals surface area contributed by atoms with Crippen molar-refractivity contribution in [2.45, 2.75) is 56.6 Å². The number of piperidine rings is 1. The van der Waals surface area contributed by atoms with Gasteiger partial charge in [-0.25, -0.2) is 4.98 Å². The third kappa shape index (κ3) is 4.95. The van der Waals surface area contributed by atoms with Gasteiger partial charge in [0.05, 0.1) is 24.9 Å². The van der Waals surface area contributed by atoms with Crippen LogP contribution in [-0.4, -0.2) is 72.1 Å². The van der Waals surface area contributed by atoms with Crippen molar-refractivity contribution in [3.05, 3.63) is 35.0 Å². The number of aliphatic hydroxyl groups excluding tert-OH is 1. The number of benzene rings is 1. The highest BCUT2D eigenvalue weighted by atomic mass is 35.5. The summed E-state index contributed by atoms with van der Waals surface area (Å²) in [6, 6.07) is 6.08. The highest BCUT2D eigenvalue weighted by molar-refractivity contribution is 6.32.